The maximum atomic E-state index is 13.4. The maximum absolute atomic E-state index is 13.4. The highest BCUT2D eigenvalue weighted by Crippen LogP contribution is 2.17. The zero-order valence-corrected chi connectivity index (χ0v) is 10.3. The number of piperidine rings is 1. The second-order valence-electron chi connectivity index (χ2n) is 4.53. The van der Waals surface area contributed by atoms with Crippen LogP contribution in [0, 0.1) is 11.7 Å². The van der Waals surface area contributed by atoms with Gasteiger partial charge in [-0.1, -0.05) is 0 Å². The number of aromatic carboxylic acids is 1. The zero-order valence-electron chi connectivity index (χ0n) is 10.3. The average Bonchev–Trinajstić information content (AvgIpc) is 2.39. The number of carboxylic acid groups (broad SMARTS) is 1. The number of benzene rings is 1. The summed E-state index contributed by atoms with van der Waals surface area (Å²) >= 11 is 0. The van der Waals surface area contributed by atoms with Gasteiger partial charge in [-0.2, -0.15) is 0 Å². The normalized spacial score (nSPS) is 18.9. The Kier molecular flexibility index (Phi) is 4.11. The van der Waals surface area contributed by atoms with Gasteiger partial charge < -0.3 is 15.7 Å². The minimum Gasteiger partial charge on any atom is -0.478 e. The third-order valence-electron chi connectivity index (χ3n) is 3.13. The molecule has 1 amide bonds. The van der Waals surface area contributed by atoms with Gasteiger partial charge in [0.2, 0.25) is 5.91 Å². The standard InChI is InChI=1S/C13H15FN2O3/c14-11-6-9(3-4-10(11)13(18)19)16-12(17)8-2-1-5-15-7-8/h3-4,6,8,15H,1-2,5,7H2,(H,16,17)(H,18,19)/t8-/m1/s1. The molecule has 102 valence electrons. The number of rotatable bonds is 3. The molecule has 19 heavy (non-hydrogen) atoms. The van der Waals surface area contributed by atoms with E-state index >= 15 is 0 Å². The van der Waals surface area contributed by atoms with Crippen LogP contribution in [0.25, 0.3) is 0 Å². The molecule has 0 unspecified atom stereocenters. The van der Waals surface area contributed by atoms with Crippen LogP contribution >= 0.6 is 0 Å². The SMILES string of the molecule is O=C(O)c1ccc(NC(=O)[C@@H]2CCCNC2)cc1F. The summed E-state index contributed by atoms with van der Waals surface area (Å²) in [6.45, 7) is 1.52. The molecule has 6 heteroatoms. The largest absolute Gasteiger partial charge is 0.478 e. The lowest BCUT2D eigenvalue weighted by Gasteiger charge is -2.21. The van der Waals surface area contributed by atoms with Gasteiger partial charge in [0, 0.05) is 12.2 Å². The molecule has 0 radical (unpaired) electrons. The Morgan fingerprint density at radius 1 is 1.42 bits per heavy atom. The molecule has 1 atom stereocenters. The Balaban J connectivity index is 2.04. The van der Waals surface area contributed by atoms with Crippen LogP contribution in [0.2, 0.25) is 0 Å². The van der Waals surface area contributed by atoms with E-state index in [0.717, 1.165) is 31.5 Å². The van der Waals surface area contributed by atoms with Crippen molar-refractivity contribution < 1.29 is 19.1 Å². The van der Waals surface area contributed by atoms with Crippen molar-refractivity contribution in [3.05, 3.63) is 29.6 Å². The Morgan fingerprint density at radius 3 is 2.79 bits per heavy atom. The van der Waals surface area contributed by atoms with Crippen molar-refractivity contribution in [3.63, 3.8) is 0 Å². The molecule has 1 aliphatic rings. The molecule has 0 aliphatic carbocycles. The molecule has 1 saturated heterocycles. The first-order valence-corrected chi connectivity index (χ1v) is 6.12. The minimum atomic E-state index is -1.33. The van der Waals surface area contributed by atoms with Gasteiger partial charge in [0.1, 0.15) is 5.82 Å². The first-order valence-electron chi connectivity index (χ1n) is 6.12. The van der Waals surface area contributed by atoms with Gasteiger partial charge in [0.25, 0.3) is 0 Å². The molecule has 1 fully saturated rings. The molecular formula is C13H15FN2O3. The predicted molar refractivity (Wildman–Crippen MR) is 67.6 cm³/mol. The van der Waals surface area contributed by atoms with Crippen molar-refractivity contribution in [1.29, 1.82) is 0 Å². The van der Waals surface area contributed by atoms with Crippen LogP contribution in [-0.2, 0) is 4.79 Å². The molecule has 1 aromatic carbocycles. The molecule has 0 spiro atoms. The van der Waals surface area contributed by atoms with Crippen molar-refractivity contribution >= 4 is 17.6 Å². The molecule has 1 heterocycles. The summed E-state index contributed by atoms with van der Waals surface area (Å²) in [5.41, 5.74) is -0.129. The number of carbonyl (C=O) groups is 2. The van der Waals surface area contributed by atoms with E-state index in [1.54, 1.807) is 0 Å². The number of hydrogen-bond acceptors (Lipinski definition) is 3. The van der Waals surface area contributed by atoms with E-state index in [0.29, 0.717) is 6.54 Å². The number of carboxylic acids is 1. The number of nitrogens with one attached hydrogen (secondary N) is 2. The quantitative estimate of drug-likeness (QED) is 0.774. The van der Waals surface area contributed by atoms with Crippen molar-refractivity contribution in [2.24, 2.45) is 5.92 Å². The lowest BCUT2D eigenvalue weighted by Crippen LogP contribution is -2.37. The van der Waals surface area contributed by atoms with E-state index in [9.17, 15) is 14.0 Å². The number of hydrogen-bond donors (Lipinski definition) is 3. The van der Waals surface area contributed by atoms with Gasteiger partial charge in [-0.3, -0.25) is 4.79 Å². The van der Waals surface area contributed by atoms with E-state index < -0.39 is 17.3 Å². The Labute approximate surface area is 109 Å². The van der Waals surface area contributed by atoms with Gasteiger partial charge in [-0.15, -0.1) is 0 Å². The summed E-state index contributed by atoms with van der Waals surface area (Å²) < 4.78 is 13.4. The lowest BCUT2D eigenvalue weighted by molar-refractivity contribution is -0.120. The van der Waals surface area contributed by atoms with E-state index in [4.69, 9.17) is 5.11 Å². The molecule has 5 nitrogen and oxygen atoms in total. The van der Waals surface area contributed by atoms with Gasteiger partial charge in [0.15, 0.2) is 0 Å². The van der Waals surface area contributed by atoms with Gasteiger partial charge in [0.05, 0.1) is 11.5 Å². The Morgan fingerprint density at radius 2 is 2.21 bits per heavy atom. The van der Waals surface area contributed by atoms with Crippen molar-refractivity contribution in [2.45, 2.75) is 12.8 Å². The highest BCUT2D eigenvalue weighted by molar-refractivity contribution is 5.94. The van der Waals surface area contributed by atoms with Crippen LogP contribution < -0.4 is 10.6 Å². The Bertz CT molecular complexity index is 499. The monoisotopic (exact) mass is 266 g/mol. The van der Waals surface area contributed by atoms with E-state index in [-0.39, 0.29) is 17.5 Å². The fourth-order valence-electron chi connectivity index (χ4n) is 2.09. The summed E-state index contributed by atoms with van der Waals surface area (Å²) in [4.78, 5) is 22.6. The number of halogens is 1. The van der Waals surface area contributed by atoms with Crippen LogP contribution in [0.15, 0.2) is 18.2 Å². The fraction of sp³-hybridized carbons (Fsp3) is 0.385. The van der Waals surface area contributed by atoms with E-state index in [1.807, 2.05) is 0 Å². The number of carbonyl (C=O) groups excluding carboxylic acids is 1. The summed E-state index contributed by atoms with van der Waals surface area (Å²) in [5.74, 6) is -2.48. The number of anilines is 1. The van der Waals surface area contributed by atoms with E-state index in [2.05, 4.69) is 10.6 Å². The third kappa shape index (κ3) is 3.29. The second kappa shape index (κ2) is 5.79. The fourth-order valence-corrected chi connectivity index (χ4v) is 2.09. The van der Waals surface area contributed by atoms with Gasteiger partial charge >= 0.3 is 5.97 Å². The highest BCUT2D eigenvalue weighted by atomic mass is 19.1. The lowest BCUT2D eigenvalue weighted by atomic mass is 9.99. The van der Waals surface area contributed by atoms with Crippen molar-refractivity contribution in [1.82, 2.24) is 5.32 Å². The molecule has 0 bridgehead atoms. The van der Waals surface area contributed by atoms with Crippen LogP contribution in [0.3, 0.4) is 0 Å². The number of amides is 1. The van der Waals surface area contributed by atoms with Crippen molar-refractivity contribution in [3.8, 4) is 0 Å². The first-order chi connectivity index (χ1) is 9.08. The average molecular weight is 266 g/mol. The van der Waals surface area contributed by atoms with Crippen LogP contribution in [0.1, 0.15) is 23.2 Å². The van der Waals surface area contributed by atoms with Crippen LogP contribution in [0.5, 0.6) is 0 Å². The third-order valence-corrected chi connectivity index (χ3v) is 3.13. The minimum absolute atomic E-state index is 0.129. The molecular weight excluding hydrogens is 251 g/mol. The molecule has 0 saturated carbocycles. The topological polar surface area (TPSA) is 78.4 Å². The zero-order chi connectivity index (χ0) is 13.8. The molecule has 1 aliphatic heterocycles. The molecule has 0 aromatic heterocycles. The highest BCUT2D eigenvalue weighted by Gasteiger charge is 2.21. The smallest absolute Gasteiger partial charge is 0.338 e. The first kappa shape index (κ1) is 13.5. The molecule has 1 aromatic rings. The second-order valence-corrected chi connectivity index (χ2v) is 4.53. The van der Waals surface area contributed by atoms with Gasteiger partial charge in [-0.25, -0.2) is 9.18 Å². The molecule has 3 N–H and O–H groups in total. The molecule has 2 rings (SSSR count). The summed E-state index contributed by atoms with van der Waals surface area (Å²) in [7, 11) is 0. The van der Waals surface area contributed by atoms with E-state index in [1.165, 1.54) is 6.07 Å². The maximum Gasteiger partial charge on any atom is 0.338 e. The Hall–Kier alpha value is -1.95. The van der Waals surface area contributed by atoms with Gasteiger partial charge in [-0.05, 0) is 37.6 Å². The summed E-state index contributed by atoms with van der Waals surface area (Å²) in [5, 5.41) is 14.4. The summed E-state index contributed by atoms with van der Waals surface area (Å²) in [6, 6.07) is 3.56. The summed E-state index contributed by atoms with van der Waals surface area (Å²) in [6.07, 6.45) is 1.74. The van der Waals surface area contributed by atoms with Crippen molar-refractivity contribution in [2.75, 3.05) is 18.4 Å². The predicted octanol–water partition coefficient (Wildman–Crippen LogP) is 1.46. The van der Waals surface area contributed by atoms with Crippen LogP contribution in [-0.4, -0.2) is 30.1 Å². The van der Waals surface area contributed by atoms with Crippen LogP contribution in [0.4, 0.5) is 10.1 Å².